The molecule has 126 valence electrons. The van der Waals surface area contributed by atoms with Crippen LogP contribution in [0.25, 0.3) is 0 Å². The highest BCUT2D eigenvalue weighted by Gasteiger charge is 2.28. The van der Waals surface area contributed by atoms with Gasteiger partial charge in [0, 0.05) is 22.0 Å². The number of hydrogen-bond acceptors (Lipinski definition) is 4. The number of thiophene rings is 1. The van der Waals surface area contributed by atoms with E-state index in [9.17, 15) is 14.7 Å². The molecule has 2 heterocycles. The predicted octanol–water partition coefficient (Wildman–Crippen LogP) is 4.07. The van der Waals surface area contributed by atoms with Crippen LogP contribution in [0.1, 0.15) is 39.4 Å². The van der Waals surface area contributed by atoms with Gasteiger partial charge in [-0.05, 0) is 55.8 Å². The summed E-state index contributed by atoms with van der Waals surface area (Å²) in [5.74, 6) is -0.792. The molecule has 2 aromatic rings. The van der Waals surface area contributed by atoms with Crippen molar-refractivity contribution in [2.45, 2.75) is 31.8 Å². The van der Waals surface area contributed by atoms with Gasteiger partial charge in [-0.3, -0.25) is 14.5 Å². The van der Waals surface area contributed by atoms with Crippen molar-refractivity contribution >= 4 is 34.7 Å². The van der Waals surface area contributed by atoms with Gasteiger partial charge in [-0.25, -0.2) is 0 Å². The number of halogens is 1. The van der Waals surface area contributed by atoms with Crippen LogP contribution in [0.5, 0.6) is 0 Å². The van der Waals surface area contributed by atoms with Gasteiger partial charge in [0.15, 0.2) is 0 Å². The lowest BCUT2D eigenvalue weighted by Gasteiger charge is -2.32. The maximum Gasteiger partial charge on any atom is 0.320 e. The summed E-state index contributed by atoms with van der Waals surface area (Å²) >= 11 is 7.28. The van der Waals surface area contributed by atoms with Crippen molar-refractivity contribution < 1.29 is 14.7 Å². The van der Waals surface area contributed by atoms with E-state index in [0.29, 0.717) is 28.4 Å². The van der Waals surface area contributed by atoms with Crippen molar-refractivity contribution in [1.82, 2.24) is 4.90 Å². The first-order chi connectivity index (χ1) is 11.5. The molecule has 1 aliphatic rings. The van der Waals surface area contributed by atoms with Crippen LogP contribution < -0.4 is 0 Å². The van der Waals surface area contributed by atoms with E-state index in [-0.39, 0.29) is 5.78 Å². The molecular formula is C18H18ClNO3S. The maximum absolute atomic E-state index is 12.5. The van der Waals surface area contributed by atoms with E-state index < -0.39 is 12.0 Å². The van der Waals surface area contributed by atoms with Crippen LogP contribution in [0.15, 0.2) is 36.4 Å². The number of hydrogen-bond donors (Lipinski definition) is 1. The Balaban J connectivity index is 1.72. The van der Waals surface area contributed by atoms with Crippen molar-refractivity contribution in [3.63, 3.8) is 0 Å². The molecule has 3 rings (SSSR count). The van der Waals surface area contributed by atoms with E-state index in [2.05, 4.69) is 0 Å². The fourth-order valence-electron chi connectivity index (χ4n) is 2.99. The monoisotopic (exact) mass is 363 g/mol. The summed E-state index contributed by atoms with van der Waals surface area (Å²) in [6.45, 7) is 1.37. The van der Waals surface area contributed by atoms with Gasteiger partial charge in [0.1, 0.15) is 6.04 Å². The highest BCUT2D eigenvalue weighted by molar-refractivity contribution is 7.14. The lowest BCUT2D eigenvalue weighted by molar-refractivity contribution is -0.144. The van der Waals surface area contributed by atoms with Gasteiger partial charge in [-0.1, -0.05) is 18.0 Å². The molecule has 1 aromatic heterocycles. The second-order valence-corrected chi connectivity index (χ2v) is 7.53. The van der Waals surface area contributed by atoms with Crippen LogP contribution >= 0.6 is 22.9 Å². The molecule has 1 unspecified atom stereocenters. The van der Waals surface area contributed by atoms with Crippen molar-refractivity contribution in [3.8, 4) is 0 Å². The summed E-state index contributed by atoms with van der Waals surface area (Å²) < 4.78 is 0. The fourth-order valence-corrected chi connectivity index (χ4v) is 4.11. The average molecular weight is 364 g/mol. The van der Waals surface area contributed by atoms with Gasteiger partial charge < -0.3 is 5.11 Å². The molecule has 1 atom stereocenters. The zero-order valence-corrected chi connectivity index (χ0v) is 14.6. The van der Waals surface area contributed by atoms with E-state index >= 15 is 0 Å². The van der Waals surface area contributed by atoms with Crippen molar-refractivity contribution in [2.75, 3.05) is 6.54 Å². The van der Waals surface area contributed by atoms with E-state index in [0.717, 1.165) is 24.3 Å². The summed E-state index contributed by atoms with van der Waals surface area (Å²) in [6.07, 6.45) is 2.67. The highest BCUT2D eigenvalue weighted by atomic mass is 35.5. The van der Waals surface area contributed by atoms with E-state index in [1.807, 2.05) is 17.0 Å². The molecule has 1 aliphatic heterocycles. The minimum absolute atomic E-state index is 0.0312. The van der Waals surface area contributed by atoms with Gasteiger partial charge in [0.05, 0.1) is 4.88 Å². The summed E-state index contributed by atoms with van der Waals surface area (Å²) in [7, 11) is 0. The minimum atomic E-state index is -0.760. The van der Waals surface area contributed by atoms with E-state index in [4.69, 9.17) is 11.6 Å². The molecule has 1 saturated heterocycles. The first kappa shape index (κ1) is 17.1. The molecule has 0 bridgehead atoms. The number of carbonyl (C=O) groups is 2. The first-order valence-corrected chi connectivity index (χ1v) is 9.10. The number of nitrogens with zero attached hydrogens (tertiary/aromatic N) is 1. The van der Waals surface area contributed by atoms with Crippen LogP contribution in [0.2, 0.25) is 5.02 Å². The Morgan fingerprint density at radius 2 is 1.92 bits per heavy atom. The third-order valence-corrected chi connectivity index (χ3v) is 5.57. The third kappa shape index (κ3) is 3.86. The van der Waals surface area contributed by atoms with Gasteiger partial charge in [0.25, 0.3) is 0 Å². The van der Waals surface area contributed by atoms with Crippen molar-refractivity contribution in [1.29, 1.82) is 0 Å². The number of aliphatic carboxylic acids is 1. The smallest absolute Gasteiger partial charge is 0.320 e. The van der Waals surface area contributed by atoms with Crippen LogP contribution in [0, 0.1) is 0 Å². The quantitative estimate of drug-likeness (QED) is 0.813. The number of rotatable bonds is 5. The second-order valence-electron chi connectivity index (χ2n) is 5.92. The van der Waals surface area contributed by atoms with Crippen molar-refractivity contribution in [3.05, 3.63) is 56.7 Å². The summed E-state index contributed by atoms with van der Waals surface area (Å²) in [4.78, 5) is 27.5. The molecule has 0 spiro atoms. The number of ketones is 1. The number of carboxylic acid groups (broad SMARTS) is 1. The van der Waals surface area contributed by atoms with Gasteiger partial charge in [0.2, 0.25) is 5.78 Å². The lowest BCUT2D eigenvalue weighted by Crippen LogP contribution is -2.43. The number of carbonyl (C=O) groups excluding carboxylic acids is 1. The largest absolute Gasteiger partial charge is 0.480 e. The standard InChI is InChI=1S/C18H18ClNO3S/c19-13-6-4-12(5-7-13)17(21)16-9-8-14(24-16)11-20-10-2-1-3-15(20)18(22)23/h4-9,15H,1-3,10-11H2,(H,22,23). The molecule has 0 aliphatic carbocycles. The molecule has 0 radical (unpaired) electrons. The Morgan fingerprint density at radius 1 is 1.17 bits per heavy atom. The topological polar surface area (TPSA) is 57.6 Å². The second kappa shape index (κ2) is 7.47. The Labute approximate surface area is 149 Å². The number of carboxylic acids is 1. The normalized spacial score (nSPS) is 18.5. The van der Waals surface area contributed by atoms with Crippen LogP contribution in [-0.4, -0.2) is 34.3 Å². The number of piperidine rings is 1. The molecular weight excluding hydrogens is 346 g/mol. The minimum Gasteiger partial charge on any atom is -0.480 e. The summed E-state index contributed by atoms with van der Waals surface area (Å²) in [5, 5.41) is 9.95. The number of benzene rings is 1. The number of likely N-dealkylation sites (tertiary alicyclic amines) is 1. The van der Waals surface area contributed by atoms with Gasteiger partial charge >= 0.3 is 5.97 Å². The van der Waals surface area contributed by atoms with Gasteiger partial charge in [-0.15, -0.1) is 11.3 Å². The predicted molar refractivity (Wildman–Crippen MR) is 94.9 cm³/mol. The van der Waals surface area contributed by atoms with Crippen LogP contribution in [0.4, 0.5) is 0 Å². The zero-order chi connectivity index (χ0) is 17.1. The maximum atomic E-state index is 12.5. The lowest BCUT2D eigenvalue weighted by atomic mass is 10.0. The van der Waals surface area contributed by atoms with Crippen LogP contribution in [0.3, 0.4) is 0 Å². The molecule has 4 nitrogen and oxygen atoms in total. The Bertz CT molecular complexity index is 741. The third-order valence-electron chi connectivity index (χ3n) is 4.25. The Kier molecular flexibility index (Phi) is 5.33. The Hall–Kier alpha value is -1.69. The average Bonchev–Trinajstić information content (AvgIpc) is 3.04. The molecule has 1 aromatic carbocycles. The van der Waals surface area contributed by atoms with Gasteiger partial charge in [-0.2, -0.15) is 0 Å². The van der Waals surface area contributed by atoms with E-state index in [1.165, 1.54) is 11.3 Å². The highest BCUT2D eigenvalue weighted by Crippen LogP contribution is 2.25. The Morgan fingerprint density at radius 3 is 2.62 bits per heavy atom. The van der Waals surface area contributed by atoms with E-state index in [1.54, 1.807) is 24.3 Å². The fraction of sp³-hybridized carbons (Fsp3) is 0.333. The first-order valence-electron chi connectivity index (χ1n) is 7.90. The molecule has 1 N–H and O–H groups in total. The van der Waals surface area contributed by atoms with Crippen molar-refractivity contribution in [2.24, 2.45) is 0 Å². The summed E-state index contributed by atoms with van der Waals surface area (Å²) in [5.41, 5.74) is 0.606. The SMILES string of the molecule is O=C(c1ccc(Cl)cc1)c1ccc(CN2CCCCC2C(=O)O)s1. The molecule has 6 heteroatoms. The summed E-state index contributed by atoms with van der Waals surface area (Å²) in [6, 6.07) is 10.2. The molecule has 0 saturated carbocycles. The molecule has 1 fully saturated rings. The zero-order valence-electron chi connectivity index (χ0n) is 13.1. The molecule has 0 amide bonds. The van der Waals surface area contributed by atoms with Crippen LogP contribution in [-0.2, 0) is 11.3 Å². The molecule has 24 heavy (non-hydrogen) atoms.